The van der Waals surface area contributed by atoms with Crippen LogP contribution in [0.1, 0.15) is 37.5 Å². The number of morpholine rings is 2. The molecule has 3 N–H and O–H groups in total. The van der Waals surface area contributed by atoms with E-state index in [-0.39, 0.29) is 17.9 Å². The molecule has 0 spiro atoms. The molecular formula is C37H46N16O4. The van der Waals surface area contributed by atoms with Crippen molar-refractivity contribution in [2.24, 2.45) is 5.92 Å². The number of hydrogen-bond donors (Lipinski definition) is 2. The lowest BCUT2D eigenvalue weighted by molar-refractivity contribution is 0.122. The average molecular weight is 779 g/mol. The third kappa shape index (κ3) is 7.19. The Morgan fingerprint density at radius 2 is 1.37 bits per heavy atom. The number of hydrogen-bond acceptors (Lipinski definition) is 18. The summed E-state index contributed by atoms with van der Waals surface area (Å²) in [6.45, 7) is 10.1. The minimum atomic E-state index is -0.261. The molecule has 20 nitrogen and oxygen atoms in total. The molecular weight excluding hydrogens is 733 g/mol. The van der Waals surface area contributed by atoms with Gasteiger partial charge in [0.05, 0.1) is 70.1 Å². The minimum Gasteiger partial charge on any atom is -0.480 e. The van der Waals surface area contributed by atoms with Crippen LogP contribution >= 0.6 is 0 Å². The highest BCUT2D eigenvalue weighted by Gasteiger charge is 2.32. The lowest BCUT2D eigenvalue weighted by Gasteiger charge is -2.27. The Morgan fingerprint density at radius 3 is 1.96 bits per heavy atom. The molecule has 6 aromatic rings. The second-order valence-electron chi connectivity index (χ2n) is 14.5. The van der Waals surface area contributed by atoms with Crippen molar-refractivity contribution in [2.45, 2.75) is 38.8 Å². The van der Waals surface area contributed by atoms with E-state index in [1.54, 1.807) is 19.6 Å². The molecule has 0 aromatic carbocycles. The second-order valence-corrected chi connectivity index (χ2v) is 14.5. The first-order valence-electron chi connectivity index (χ1n) is 19.3. The summed E-state index contributed by atoms with van der Waals surface area (Å²) >= 11 is 0. The van der Waals surface area contributed by atoms with Gasteiger partial charge in [-0.3, -0.25) is 0 Å². The molecule has 8 heterocycles. The van der Waals surface area contributed by atoms with Crippen molar-refractivity contribution in [3.63, 3.8) is 0 Å². The summed E-state index contributed by atoms with van der Waals surface area (Å²) in [4.78, 5) is 52.2. The predicted molar refractivity (Wildman–Crippen MR) is 211 cm³/mol. The van der Waals surface area contributed by atoms with Gasteiger partial charge in [0.1, 0.15) is 22.4 Å². The fourth-order valence-corrected chi connectivity index (χ4v) is 7.49. The van der Waals surface area contributed by atoms with Gasteiger partial charge in [0.15, 0.2) is 11.3 Å². The van der Waals surface area contributed by atoms with E-state index in [4.69, 9.17) is 64.6 Å². The van der Waals surface area contributed by atoms with Crippen LogP contribution in [0.15, 0.2) is 25.0 Å². The summed E-state index contributed by atoms with van der Waals surface area (Å²) in [5, 5.41) is 3.44. The lowest BCUT2D eigenvalue weighted by atomic mass is 10.1. The first-order valence-corrected chi connectivity index (χ1v) is 19.3. The molecule has 9 rings (SSSR count). The number of nitrogen functional groups attached to an aromatic ring is 1. The van der Waals surface area contributed by atoms with Crippen molar-refractivity contribution in [1.29, 1.82) is 0 Å². The molecule has 57 heavy (non-hydrogen) atoms. The van der Waals surface area contributed by atoms with Gasteiger partial charge in [-0.15, -0.1) is 0 Å². The van der Waals surface area contributed by atoms with Gasteiger partial charge in [0.25, 0.3) is 0 Å². The number of aromatic nitrogens is 12. The van der Waals surface area contributed by atoms with E-state index in [1.165, 1.54) is 20.0 Å². The maximum absolute atomic E-state index is 5.90. The highest BCUT2D eigenvalue weighted by atomic mass is 16.5. The van der Waals surface area contributed by atoms with E-state index in [0.717, 1.165) is 35.5 Å². The third-order valence-corrected chi connectivity index (χ3v) is 10.9. The Hall–Kier alpha value is -5.86. The van der Waals surface area contributed by atoms with Crippen molar-refractivity contribution in [3.8, 4) is 28.4 Å². The van der Waals surface area contributed by atoms with E-state index in [9.17, 15) is 0 Å². The van der Waals surface area contributed by atoms with Crippen LogP contribution in [-0.4, -0.2) is 139 Å². The van der Waals surface area contributed by atoms with Crippen LogP contribution in [0.5, 0.6) is 5.88 Å². The Bertz CT molecular complexity index is 2390. The number of ether oxygens (including phenoxy) is 4. The number of rotatable bonds is 13. The van der Waals surface area contributed by atoms with Crippen LogP contribution in [0.3, 0.4) is 0 Å². The van der Waals surface area contributed by atoms with Gasteiger partial charge < -0.3 is 48.9 Å². The summed E-state index contributed by atoms with van der Waals surface area (Å²) in [7, 11) is 3.19. The second kappa shape index (κ2) is 15.6. The normalized spacial score (nSPS) is 17.3. The molecule has 1 saturated carbocycles. The van der Waals surface area contributed by atoms with Gasteiger partial charge in [-0.1, -0.05) is 0 Å². The van der Waals surface area contributed by atoms with Crippen molar-refractivity contribution >= 4 is 46.1 Å². The first-order chi connectivity index (χ1) is 27.9. The highest BCUT2D eigenvalue weighted by Crippen LogP contribution is 2.41. The quantitative estimate of drug-likeness (QED) is 0.172. The fraction of sp³-hybridized carbons (Fsp3) is 0.514. The molecule has 3 fully saturated rings. The van der Waals surface area contributed by atoms with Crippen molar-refractivity contribution in [2.75, 3.05) is 101 Å². The smallest absolute Gasteiger partial charge is 0.228 e. The van der Waals surface area contributed by atoms with E-state index >= 15 is 0 Å². The molecule has 0 bridgehead atoms. The fourth-order valence-electron chi connectivity index (χ4n) is 7.49. The molecule has 3 aliphatic rings. The Kier molecular flexibility index (Phi) is 10.1. The standard InChI is InChI=1S/C37H46N16O4/c1-21-25(27-29-31(52(19-42-29)22(2)23-5-6-23)47-36(45-27)50-7-11-56-12-8-50)16-41-35(44-21)40-15-24(18-54-3)53-20-43-30-28(26-17-39-34(38)49-33(26)55-4)46-37(48-32(30)53)51-9-13-57-14-10-51/h16-17,19-20,22-24H,5-15,18H2,1-4H3,(H2,38,39,49)(H,40,41,44). The molecule has 2 saturated heterocycles. The van der Waals surface area contributed by atoms with Crippen LogP contribution in [0.25, 0.3) is 44.8 Å². The number of nitrogens with zero attached hydrogens (tertiary/aromatic N) is 14. The topological polar surface area (TPSA) is 220 Å². The molecule has 6 aromatic heterocycles. The maximum Gasteiger partial charge on any atom is 0.228 e. The average Bonchev–Trinajstić information content (AvgIpc) is 3.87. The molecule has 298 valence electrons. The Labute approximate surface area is 328 Å². The summed E-state index contributed by atoms with van der Waals surface area (Å²) in [6.07, 6.45) is 9.49. The summed E-state index contributed by atoms with van der Waals surface area (Å²) in [5.41, 5.74) is 12.0. The largest absolute Gasteiger partial charge is 0.480 e. The van der Waals surface area contributed by atoms with Gasteiger partial charge in [-0.05, 0) is 32.6 Å². The van der Waals surface area contributed by atoms with Gasteiger partial charge in [-0.2, -0.15) is 15.0 Å². The SMILES string of the molecule is COCC(CNc1ncc(-c2nc(N3CCOCC3)nc3c2ncn3C(C)C2CC2)c(C)n1)n1cnc2c(-c3cnc(N)nc3OC)nc(N3CCOCC3)nc21. The maximum atomic E-state index is 5.90. The van der Waals surface area contributed by atoms with Gasteiger partial charge in [0, 0.05) is 63.8 Å². The minimum absolute atomic E-state index is 0.0916. The zero-order valence-electron chi connectivity index (χ0n) is 32.5. The number of imidazole rings is 2. The molecule has 2 unspecified atom stereocenters. The molecule has 1 aliphatic carbocycles. The van der Waals surface area contributed by atoms with E-state index in [1.807, 2.05) is 24.0 Å². The van der Waals surface area contributed by atoms with Crippen molar-refractivity contribution in [3.05, 3.63) is 30.7 Å². The molecule has 0 amide bonds. The number of fused-ring (bicyclic) bond motifs is 2. The van der Waals surface area contributed by atoms with Crippen molar-refractivity contribution < 1.29 is 18.9 Å². The molecule has 2 atom stereocenters. The molecule has 2 aliphatic heterocycles. The van der Waals surface area contributed by atoms with Crippen LogP contribution < -0.4 is 25.6 Å². The summed E-state index contributed by atoms with van der Waals surface area (Å²) in [6, 6.07) is 0.0360. The van der Waals surface area contributed by atoms with E-state index in [2.05, 4.69) is 36.6 Å². The number of nitrogens with one attached hydrogen (secondary N) is 1. The monoisotopic (exact) mass is 778 g/mol. The van der Waals surface area contributed by atoms with Gasteiger partial charge in [-0.25, -0.2) is 34.9 Å². The van der Waals surface area contributed by atoms with Crippen LogP contribution in [-0.2, 0) is 14.2 Å². The number of aryl methyl sites for hydroxylation is 1. The van der Waals surface area contributed by atoms with Gasteiger partial charge in [0.2, 0.25) is 29.7 Å². The molecule has 0 radical (unpaired) electrons. The van der Waals surface area contributed by atoms with Crippen LogP contribution in [0, 0.1) is 12.8 Å². The number of methoxy groups -OCH3 is 2. The van der Waals surface area contributed by atoms with Gasteiger partial charge >= 0.3 is 0 Å². The van der Waals surface area contributed by atoms with E-state index < -0.39 is 0 Å². The zero-order chi connectivity index (χ0) is 39.0. The predicted octanol–water partition coefficient (Wildman–Crippen LogP) is 2.72. The highest BCUT2D eigenvalue weighted by molar-refractivity contribution is 5.90. The summed E-state index contributed by atoms with van der Waals surface area (Å²) in [5.74, 6) is 2.66. The van der Waals surface area contributed by atoms with Crippen molar-refractivity contribution in [1.82, 2.24) is 59.0 Å². The Balaban J connectivity index is 1.04. The van der Waals surface area contributed by atoms with E-state index in [0.29, 0.717) is 111 Å². The number of nitrogens with two attached hydrogens (primary N) is 1. The Morgan fingerprint density at radius 1 is 0.772 bits per heavy atom. The number of anilines is 4. The summed E-state index contributed by atoms with van der Waals surface area (Å²) < 4.78 is 26.7. The lowest BCUT2D eigenvalue weighted by Crippen LogP contribution is -2.37. The van der Waals surface area contributed by atoms with Crippen LogP contribution in [0.2, 0.25) is 0 Å². The first kappa shape index (κ1) is 36.8. The van der Waals surface area contributed by atoms with Crippen LogP contribution in [0.4, 0.5) is 23.8 Å². The zero-order valence-corrected chi connectivity index (χ0v) is 32.5. The third-order valence-electron chi connectivity index (χ3n) is 10.9. The molecule has 20 heteroatoms.